The van der Waals surface area contributed by atoms with Gasteiger partial charge in [0, 0.05) is 11.8 Å². The number of nitrogens with two attached hydrogens (primary N) is 1. The van der Waals surface area contributed by atoms with Crippen LogP contribution in [-0.4, -0.2) is 16.5 Å². The molecule has 0 aliphatic rings. The molecule has 1 aromatic rings. The van der Waals surface area contributed by atoms with Crippen LogP contribution in [0.3, 0.4) is 0 Å². The van der Waals surface area contributed by atoms with Gasteiger partial charge in [-0.15, -0.1) is 13.2 Å². The molecule has 0 saturated heterocycles. The van der Waals surface area contributed by atoms with E-state index in [1.807, 2.05) is 0 Å². The van der Waals surface area contributed by atoms with Gasteiger partial charge >= 0.3 is 6.36 Å². The standard InChI is InChI=1S/C8H7F5N2O2/c9-6(10)4-5(17-8(11,12)13)3(2-16)1-15-7(4)14/h1,6,16H,2H2,(H2,14,15). The molecular weight excluding hydrogens is 251 g/mol. The monoisotopic (exact) mass is 258 g/mol. The predicted molar refractivity (Wildman–Crippen MR) is 46.2 cm³/mol. The number of aliphatic hydroxyl groups is 1. The minimum Gasteiger partial charge on any atom is -0.405 e. The Morgan fingerprint density at radius 2 is 2.00 bits per heavy atom. The van der Waals surface area contributed by atoms with E-state index in [9.17, 15) is 22.0 Å². The molecule has 0 atom stereocenters. The normalized spacial score (nSPS) is 11.9. The lowest BCUT2D eigenvalue weighted by molar-refractivity contribution is -0.275. The third-order valence-electron chi connectivity index (χ3n) is 1.78. The van der Waals surface area contributed by atoms with Crippen molar-refractivity contribution in [3.05, 3.63) is 17.3 Å². The molecule has 0 saturated carbocycles. The fourth-order valence-corrected chi connectivity index (χ4v) is 1.12. The van der Waals surface area contributed by atoms with Gasteiger partial charge in [0.2, 0.25) is 0 Å². The Morgan fingerprint density at radius 1 is 1.41 bits per heavy atom. The first kappa shape index (κ1) is 13.4. The Kier molecular flexibility index (Phi) is 3.71. The summed E-state index contributed by atoms with van der Waals surface area (Å²) in [6.45, 7) is -0.932. The second-order valence-electron chi connectivity index (χ2n) is 2.92. The number of pyridine rings is 1. The third-order valence-corrected chi connectivity index (χ3v) is 1.78. The molecule has 1 heterocycles. The van der Waals surface area contributed by atoms with Gasteiger partial charge in [-0.2, -0.15) is 0 Å². The van der Waals surface area contributed by atoms with Gasteiger partial charge in [0.15, 0.2) is 0 Å². The van der Waals surface area contributed by atoms with Crippen molar-refractivity contribution in [1.82, 2.24) is 4.98 Å². The fourth-order valence-electron chi connectivity index (χ4n) is 1.12. The van der Waals surface area contributed by atoms with Crippen LogP contribution < -0.4 is 10.5 Å². The van der Waals surface area contributed by atoms with E-state index in [2.05, 4.69) is 9.72 Å². The van der Waals surface area contributed by atoms with Crippen LogP contribution in [0, 0.1) is 0 Å². The summed E-state index contributed by atoms with van der Waals surface area (Å²) in [6.07, 6.45) is -7.73. The van der Waals surface area contributed by atoms with Crippen molar-refractivity contribution in [2.45, 2.75) is 19.4 Å². The molecule has 3 N–H and O–H groups in total. The molecule has 0 unspecified atom stereocenters. The van der Waals surface area contributed by atoms with Crippen LogP contribution in [0.25, 0.3) is 0 Å². The Bertz CT molecular complexity index is 408. The largest absolute Gasteiger partial charge is 0.573 e. The summed E-state index contributed by atoms with van der Waals surface area (Å²) in [6, 6.07) is 0. The summed E-state index contributed by atoms with van der Waals surface area (Å²) in [5.74, 6) is -1.99. The van der Waals surface area contributed by atoms with Crippen LogP contribution >= 0.6 is 0 Å². The van der Waals surface area contributed by atoms with E-state index < -0.39 is 42.1 Å². The quantitative estimate of drug-likeness (QED) is 0.813. The van der Waals surface area contributed by atoms with Crippen molar-refractivity contribution in [1.29, 1.82) is 0 Å². The number of hydrogen-bond acceptors (Lipinski definition) is 4. The molecule has 1 rings (SSSR count). The number of ether oxygens (including phenoxy) is 1. The SMILES string of the molecule is Nc1ncc(CO)c(OC(F)(F)F)c1C(F)F. The highest BCUT2D eigenvalue weighted by Crippen LogP contribution is 2.38. The smallest absolute Gasteiger partial charge is 0.405 e. The van der Waals surface area contributed by atoms with Crippen molar-refractivity contribution in [2.75, 3.05) is 5.73 Å². The number of nitrogens with zero attached hydrogens (tertiary/aromatic N) is 1. The fraction of sp³-hybridized carbons (Fsp3) is 0.375. The number of aliphatic hydroxyl groups excluding tert-OH is 1. The maximum absolute atomic E-state index is 12.5. The maximum Gasteiger partial charge on any atom is 0.573 e. The van der Waals surface area contributed by atoms with Crippen molar-refractivity contribution >= 4 is 5.82 Å². The molecule has 0 aliphatic carbocycles. The first-order valence-corrected chi connectivity index (χ1v) is 4.18. The maximum atomic E-state index is 12.5. The molecule has 0 amide bonds. The Morgan fingerprint density at radius 3 is 2.41 bits per heavy atom. The number of aromatic nitrogens is 1. The van der Waals surface area contributed by atoms with Crippen LogP contribution in [0.1, 0.15) is 17.6 Å². The molecule has 17 heavy (non-hydrogen) atoms. The Hall–Kier alpha value is -1.64. The average molecular weight is 258 g/mol. The molecule has 9 heteroatoms. The van der Waals surface area contributed by atoms with Crippen molar-refractivity contribution in [2.24, 2.45) is 0 Å². The van der Waals surface area contributed by atoms with Crippen molar-refractivity contribution in [3.8, 4) is 5.75 Å². The topological polar surface area (TPSA) is 68.4 Å². The zero-order valence-corrected chi connectivity index (χ0v) is 8.13. The van der Waals surface area contributed by atoms with E-state index in [-0.39, 0.29) is 0 Å². The van der Waals surface area contributed by atoms with Gasteiger partial charge in [0.1, 0.15) is 17.1 Å². The minimum absolute atomic E-state index is 0.521. The lowest BCUT2D eigenvalue weighted by atomic mass is 10.1. The van der Waals surface area contributed by atoms with Gasteiger partial charge in [-0.1, -0.05) is 0 Å². The van der Waals surface area contributed by atoms with Crippen LogP contribution in [0.2, 0.25) is 0 Å². The zero-order valence-electron chi connectivity index (χ0n) is 8.13. The van der Waals surface area contributed by atoms with Gasteiger partial charge < -0.3 is 15.6 Å². The number of nitrogen functional groups attached to an aromatic ring is 1. The van der Waals surface area contributed by atoms with E-state index in [0.717, 1.165) is 6.20 Å². The first-order chi connectivity index (χ1) is 7.76. The summed E-state index contributed by atoms with van der Waals surface area (Å²) in [7, 11) is 0. The molecule has 0 aliphatic heterocycles. The summed E-state index contributed by atoms with van der Waals surface area (Å²) >= 11 is 0. The molecule has 96 valence electrons. The minimum atomic E-state index is -5.17. The molecule has 0 bridgehead atoms. The van der Waals surface area contributed by atoms with E-state index in [4.69, 9.17) is 10.8 Å². The first-order valence-electron chi connectivity index (χ1n) is 4.18. The number of anilines is 1. The van der Waals surface area contributed by atoms with Gasteiger partial charge in [-0.05, 0) is 0 Å². The third kappa shape index (κ3) is 3.16. The summed E-state index contributed by atoms with van der Waals surface area (Å²) in [4.78, 5) is 3.25. The highest BCUT2D eigenvalue weighted by molar-refractivity contribution is 5.53. The molecule has 0 fully saturated rings. The van der Waals surface area contributed by atoms with Gasteiger partial charge in [-0.3, -0.25) is 0 Å². The van der Waals surface area contributed by atoms with E-state index >= 15 is 0 Å². The van der Waals surface area contributed by atoms with E-state index in [1.165, 1.54) is 0 Å². The molecular formula is C8H7F5N2O2. The second-order valence-corrected chi connectivity index (χ2v) is 2.92. The lowest BCUT2D eigenvalue weighted by Crippen LogP contribution is -2.20. The van der Waals surface area contributed by atoms with Crippen LogP contribution in [-0.2, 0) is 6.61 Å². The van der Waals surface area contributed by atoms with Gasteiger partial charge in [0.05, 0.1) is 6.61 Å². The van der Waals surface area contributed by atoms with Crippen LogP contribution in [0.4, 0.5) is 27.8 Å². The molecule has 0 radical (unpaired) electrons. The highest BCUT2D eigenvalue weighted by atomic mass is 19.4. The number of rotatable bonds is 3. The number of alkyl halides is 5. The number of halogens is 5. The predicted octanol–water partition coefficient (Wildman–Crippen LogP) is 1.99. The summed E-state index contributed by atoms with van der Waals surface area (Å²) in [5.41, 5.74) is 3.34. The Labute approximate surface area is 91.8 Å². The average Bonchev–Trinajstić information content (AvgIpc) is 2.15. The second kappa shape index (κ2) is 4.70. The summed E-state index contributed by atoms with van der Waals surface area (Å²) in [5, 5.41) is 8.74. The molecule has 0 aromatic carbocycles. The van der Waals surface area contributed by atoms with Crippen LogP contribution in [0.5, 0.6) is 5.75 Å². The van der Waals surface area contributed by atoms with Gasteiger partial charge in [0.25, 0.3) is 6.43 Å². The highest BCUT2D eigenvalue weighted by Gasteiger charge is 2.35. The summed E-state index contributed by atoms with van der Waals surface area (Å²) < 4.78 is 64.6. The van der Waals surface area contributed by atoms with Gasteiger partial charge in [-0.25, -0.2) is 13.8 Å². The van der Waals surface area contributed by atoms with E-state index in [0.29, 0.717) is 0 Å². The van der Waals surface area contributed by atoms with E-state index in [1.54, 1.807) is 0 Å². The molecule has 4 nitrogen and oxygen atoms in total. The van der Waals surface area contributed by atoms with Crippen molar-refractivity contribution in [3.63, 3.8) is 0 Å². The Balaban J connectivity index is 3.35. The number of hydrogen-bond donors (Lipinski definition) is 2. The van der Waals surface area contributed by atoms with Crippen LogP contribution in [0.15, 0.2) is 6.20 Å². The zero-order chi connectivity index (χ0) is 13.2. The molecule has 1 aromatic heterocycles. The van der Waals surface area contributed by atoms with Crippen molar-refractivity contribution < 1.29 is 31.8 Å². The molecule has 0 spiro atoms. The lowest BCUT2D eigenvalue weighted by Gasteiger charge is -2.16.